The van der Waals surface area contributed by atoms with Crippen molar-refractivity contribution in [3.8, 4) is 0 Å². The van der Waals surface area contributed by atoms with Crippen molar-refractivity contribution in [3.05, 3.63) is 60.2 Å². The Morgan fingerprint density at radius 1 is 1.00 bits per heavy atom. The number of hydrogen-bond acceptors (Lipinski definition) is 4. The molecule has 1 aliphatic rings. The van der Waals surface area contributed by atoms with E-state index in [1.165, 1.54) is 18.4 Å². The number of aryl methyl sites for hydroxylation is 1. The van der Waals surface area contributed by atoms with Crippen molar-refractivity contribution in [2.45, 2.75) is 31.7 Å². The monoisotopic (exact) mass is 377 g/mol. The van der Waals surface area contributed by atoms with Gasteiger partial charge in [-0.2, -0.15) is 0 Å². The van der Waals surface area contributed by atoms with Crippen molar-refractivity contribution in [1.29, 1.82) is 0 Å². The highest BCUT2D eigenvalue weighted by atomic mass is 16.1. The van der Waals surface area contributed by atoms with Crippen LogP contribution in [0.15, 0.2) is 54.6 Å². The van der Waals surface area contributed by atoms with E-state index < -0.39 is 0 Å². The molecule has 4 rings (SSSR count). The minimum Gasteiger partial charge on any atom is -0.355 e. The van der Waals surface area contributed by atoms with Gasteiger partial charge in [-0.3, -0.25) is 4.79 Å². The third kappa shape index (κ3) is 4.57. The van der Waals surface area contributed by atoms with Crippen LogP contribution >= 0.6 is 0 Å². The highest BCUT2D eigenvalue weighted by Gasteiger charge is 2.20. The van der Waals surface area contributed by atoms with Crippen LogP contribution in [0.2, 0.25) is 0 Å². The Bertz CT molecular complexity index is 899. The molecule has 0 unspecified atom stereocenters. The quantitative estimate of drug-likeness (QED) is 0.688. The molecule has 1 amide bonds. The lowest BCUT2D eigenvalue weighted by molar-refractivity contribution is -0.121. The van der Waals surface area contributed by atoms with Crippen LogP contribution in [0.3, 0.4) is 0 Å². The number of carbonyl (C=O) groups excluding carboxylic acids is 1. The van der Waals surface area contributed by atoms with Gasteiger partial charge in [-0.25, -0.2) is 4.68 Å². The molecule has 2 aromatic carbocycles. The van der Waals surface area contributed by atoms with E-state index in [0.29, 0.717) is 25.4 Å². The van der Waals surface area contributed by atoms with Gasteiger partial charge in [0.15, 0.2) is 0 Å². The molecular formula is C22H27N5O. The van der Waals surface area contributed by atoms with Crippen LogP contribution in [0.4, 0.5) is 0 Å². The molecule has 0 radical (unpaired) electrons. The van der Waals surface area contributed by atoms with Gasteiger partial charge in [0.2, 0.25) is 5.91 Å². The van der Waals surface area contributed by atoms with Gasteiger partial charge in [0.25, 0.3) is 0 Å². The first-order valence-electron chi connectivity index (χ1n) is 10.1. The molecule has 6 nitrogen and oxygen atoms in total. The largest absolute Gasteiger partial charge is 0.355 e. The third-order valence-electron chi connectivity index (χ3n) is 5.58. The average molecular weight is 377 g/mol. The molecule has 0 saturated carbocycles. The maximum Gasteiger partial charge on any atom is 0.221 e. The van der Waals surface area contributed by atoms with Crippen molar-refractivity contribution in [3.63, 3.8) is 0 Å². The number of para-hydroxylation sites is 1. The van der Waals surface area contributed by atoms with Crippen LogP contribution in [0.1, 0.15) is 30.7 Å². The predicted octanol–water partition coefficient (Wildman–Crippen LogP) is 2.82. The molecule has 1 saturated heterocycles. The van der Waals surface area contributed by atoms with Crippen LogP contribution in [0, 0.1) is 0 Å². The van der Waals surface area contributed by atoms with Gasteiger partial charge in [0, 0.05) is 19.5 Å². The van der Waals surface area contributed by atoms with Gasteiger partial charge in [0.1, 0.15) is 5.52 Å². The van der Waals surface area contributed by atoms with E-state index in [9.17, 15) is 4.79 Å². The average Bonchev–Trinajstić information content (AvgIpc) is 3.17. The highest BCUT2D eigenvalue weighted by Crippen LogP contribution is 2.27. The lowest BCUT2D eigenvalue weighted by Crippen LogP contribution is -2.39. The maximum atomic E-state index is 12.2. The number of rotatable bonds is 7. The topological polar surface area (TPSA) is 63.1 Å². The van der Waals surface area contributed by atoms with E-state index in [-0.39, 0.29) is 5.91 Å². The van der Waals surface area contributed by atoms with E-state index in [2.05, 4.69) is 50.9 Å². The van der Waals surface area contributed by atoms with Crippen LogP contribution in [-0.4, -0.2) is 52.0 Å². The van der Waals surface area contributed by atoms with Gasteiger partial charge >= 0.3 is 0 Å². The molecule has 0 bridgehead atoms. The molecule has 1 fully saturated rings. The fourth-order valence-corrected chi connectivity index (χ4v) is 3.95. The van der Waals surface area contributed by atoms with E-state index in [4.69, 9.17) is 0 Å². The first kappa shape index (κ1) is 18.6. The molecule has 3 aromatic rings. The summed E-state index contributed by atoms with van der Waals surface area (Å²) in [5, 5.41) is 11.3. The Morgan fingerprint density at radius 3 is 2.57 bits per heavy atom. The second-order valence-corrected chi connectivity index (χ2v) is 7.43. The van der Waals surface area contributed by atoms with Gasteiger partial charge in [-0.1, -0.05) is 47.7 Å². The number of likely N-dealkylation sites (tertiary alicyclic amines) is 1. The van der Waals surface area contributed by atoms with Gasteiger partial charge in [0.05, 0.1) is 12.1 Å². The molecular weight excluding hydrogens is 350 g/mol. The van der Waals surface area contributed by atoms with Crippen molar-refractivity contribution < 1.29 is 4.79 Å². The van der Waals surface area contributed by atoms with Gasteiger partial charge in [-0.05, 0) is 49.5 Å². The second-order valence-electron chi connectivity index (χ2n) is 7.43. The summed E-state index contributed by atoms with van der Waals surface area (Å²) in [5.41, 5.74) is 3.29. The Morgan fingerprint density at radius 2 is 1.75 bits per heavy atom. The molecule has 1 aliphatic heterocycles. The van der Waals surface area contributed by atoms with Crippen molar-refractivity contribution in [2.24, 2.45) is 0 Å². The Labute approximate surface area is 165 Å². The molecule has 2 heterocycles. The van der Waals surface area contributed by atoms with E-state index in [1.54, 1.807) is 4.68 Å². The van der Waals surface area contributed by atoms with Crippen molar-refractivity contribution in [1.82, 2.24) is 25.2 Å². The van der Waals surface area contributed by atoms with Crippen molar-refractivity contribution in [2.75, 3.05) is 26.2 Å². The fourth-order valence-electron chi connectivity index (χ4n) is 3.95. The maximum absolute atomic E-state index is 12.2. The standard InChI is InChI=1S/C22H27N5O/c28-22(12-16-27-21-9-5-4-8-20(21)24-25-27)23-13-17-26-14-10-19(11-15-26)18-6-2-1-3-7-18/h1-9,19H,10-17H2,(H,23,28). The summed E-state index contributed by atoms with van der Waals surface area (Å²) in [4.78, 5) is 14.6. The second kappa shape index (κ2) is 8.97. The summed E-state index contributed by atoms with van der Waals surface area (Å²) in [5.74, 6) is 0.739. The number of piperidine rings is 1. The smallest absolute Gasteiger partial charge is 0.221 e. The van der Waals surface area contributed by atoms with Gasteiger partial charge in [-0.15, -0.1) is 5.10 Å². The van der Waals surface area contributed by atoms with Gasteiger partial charge < -0.3 is 10.2 Å². The summed E-state index contributed by atoms with van der Waals surface area (Å²) in [6, 6.07) is 18.6. The van der Waals surface area contributed by atoms with Crippen LogP contribution < -0.4 is 5.32 Å². The summed E-state index contributed by atoms with van der Waals surface area (Å²) < 4.78 is 1.79. The number of hydrogen-bond donors (Lipinski definition) is 1. The summed E-state index contributed by atoms with van der Waals surface area (Å²) in [6.07, 6.45) is 2.80. The Hall–Kier alpha value is -2.73. The predicted molar refractivity (Wildman–Crippen MR) is 110 cm³/mol. The highest BCUT2D eigenvalue weighted by molar-refractivity contribution is 5.77. The minimum atomic E-state index is 0.0683. The zero-order valence-electron chi connectivity index (χ0n) is 16.1. The SMILES string of the molecule is O=C(CCn1nnc2ccccc21)NCCN1CCC(c2ccccc2)CC1. The molecule has 0 aliphatic carbocycles. The third-order valence-corrected chi connectivity index (χ3v) is 5.58. The number of amides is 1. The number of aromatic nitrogens is 3. The lowest BCUT2D eigenvalue weighted by atomic mass is 9.89. The zero-order valence-corrected chi connectivity index (χ0v) is 16.1. The molecule has 6 heteroatoms. The number of fused-ring (bicyclic) bond motifs is 1. The number of nitrogens with zero attached hydrogens (tertiary/aromatic N) is 4. The first-order chi connectivity index (χ1) is 13.8. The fraction of sp³-hybridized carbons (Fsp3) is 0.409. The summed E-state index contributed by atoms with van der Waals surface area (Å²) in [6.45, 7) is 4.36. The normalized spacial score (nSPS) is 15.7. The summed E-state index contributed by atoms with van der Waals surface area (Å²) >= 11 is 0. The number of benzene rings is 2. The number of carbonyl (C=O) groups is 1. The molecule has 1 aromatic heterocycles. The van der Waals surface area contributed by atoms with E-state index in [1.807, 2.05) is 24.3 Å². The minimum absolute atomic E-state index is 0.0683. The first-order valence-corrected chi connectivity index (χ1v) is 10.1. The van der Waals surface area contributed by atoms with E-state index >= 15 is 0 Å². The number of nitrogens with one attached hydrogen (secondary N) is 1. The molecule has 1 N–H and O–H groups in total. The van der Waals surface area contributed by atoms with E-state index in [0.717, 1.165) is 30.7 Å². The Kier molecular flexibility index (Phi) is 5.97. The van der Waals surface area contributed by atoms with Crippen LogP contribution in [-0.2, 0) is 11.3 Å². The zero-order chi connectivity index (χ0) is 19.2. The van der Waals surface area contributed by atoms with Crippen LogP contribution in [0.25, 0.3) is 11.0 Å². The molecule has 0 atom stereocenters. The Balaban J connectivity index is 1.15. The molecule has 28 heavy (non-hydrogen) atoms. The van der Waals surface area contributed by atoms with Crippen molar-refractivity contribution >= 4 is 16.9 Å². The van der Waals surface area contributed by atoms with Crippen LogP contribution in [0.5, 0.6) is 0 Å². The summed E-state index contributed by atoms with van der Waals surface area (Å²) in [7, 11) is 0. The molecule has 0 spiro atoms. The lowest BCUT2D eigenvalue weighted by Gasteiger charge is -2.32. The molecule has 146 valence electrons.